The molecule has 0 bridgehead atoms. The third-order valence-corrected chi connectivity index (χ3v) is 5.77. The van der Waals surface area contributed by atoms with Crippen molar-refractivity contribution in [1.29, 1.82) is 0 Å². The first-order chi connectivity index (χ1) is 7.90. The van der Waals surface area contributed by atoms with E-state index in [-0.39, 0.29) is 17.7 Å². The van der Waals surface area contributed by atoms with E-state index in [2.05, 4.69) is 15.9 Å². The summed E-state index contributed by atoms with van der Waals surface area (Å²) in [5.41, 5.74) is 1.03. The van der Waals surface area contributed by atoms with E-state index in [1.807, 2.05) is 38.1 Å². The fourth-order valence-electron chi connectivity index (χ4n) is 2.26. The van der Waals surface area contributed by atoms with Crippen LogP contribution < -0.4 is 0 Å². The first kappa shape index (κ1) is 13.1. The molecule has 0 aromatic heterocycles. The van der Waals surface area contributed by atoms with Gasteiger partial charge in [0.05, 0.1) is 5.75 Å². The highest BCUT2D eigenvalue weighted by atomic mass is 79.9. The summed E-state index contributed by atoms with van der Waals surface area (Å²) in [6.07, 6.45) is 0. The smallest absolute Gasteiger partial charge is 0.212 e. The van der Waals surface area contributed by atoms with Crippen LogP contribution in [0.1, 0.15) is 25.5 Å². The summed E-state index contributed by atoms with van der Waals surface area (Å²) in [6.45, 7) is 4.54. The van der Waals surface area contributed by atoms with Crippen LogP contribution in [0, 0.1) is 5.92 Å². The average Bonchev–Trinajstić information content (AvgIpc) is 2.51. The van der Waals surface area contributed by atoms with Crippen LogP contribution in [0.2, 0.25) is 0 Å². The predicted octanol–water partition coefficient (Wildman–Crippen LogP) is 2.79. The highest BCUT2D eigenvalue weighted by molar-refractivity contribution is 9.10. The molecule has 2 atom stereocenters. The van der Waals surface area contributed by atoms with Crippen LogP contribution >= 0.6 is 15.9 Å². The van der Waals surface area contributed by atoms with Gasteiger partial charge in [0.15, 0.2) is 0 Å². The van der Waals surface area contributed by atoms with Crippen molar-refractivity contribution < 1.29 is 8.42 Å². The van der Waals surface area contributed by atoms with Gasteiger partial charge in [0, 0.05) is 17.1 Å². The van der Waals surface area contributed by atoms with E-state index < -0.39 is 10.0 Å². The zero-order valence-electron chi connectivity index (χ0n) is 9.93. The Morgan fingerprint density at radius 3 is 2.71 bits per heavy atom. The lowest BCUT2D eigenvalue weighted by molar-refractivity contribution is 0.345. The van der Waals surface area contributed by atoms with Crippen molar-refractivity contribution >= 4 is 26.0 Å². The summed E-state index contributed by atoms with van der Waals surface area (Å²) in [4.78, 5) is 0. The van der Waals surface area contributed by atoms with E-state index in [4.69, 9.17) is 0 Å². The molecule has 2 rings (SSSR count). The third-order valence-electron chi connectivity index (χ3n) is 3.11. The van der Waals surface area contributed by atoms with Gasteiger partial charge in [-0.3, -0.25) is 0 Å². The van der Waals surface area contributed by atoms with Gasteiger partial charge in [-0.05, 0) is 30.5 Å². The summed E-state index contributed by atoms with van der Waals surface area (Å²) in [5.74, 6) is 0.486. The summed E-state index contributed by atoms with van der Waals surface area (Å²) in [7, 11) is -3.08. The number of benzene rings is 1. The maximum absolute atomic E-state index is 12.0. The normalized spacial score (nSPS) is 25.9. The first-order valence-electron chi connectivity index (χ1n) is 5.65. The molecule has 3 nitrogen and oxygen atoms in total. The number of hydrogen-bond acceptors (Lipinski definition) is 2. The van der Waals surface area contributed by atoms with Crippen LogP contribution in [0.5, 0.6) is 0 Å². The Labute approximate surface area is 111 Å². The molecule has 17 heavy (non-hydrogen) atoms. The second-order valence-electron chi connectivity index (χ2n) is 4.68. The predicted molar refractivity (Wildman–Crippen MR) is 72.2 cm³/mol. The molecule has 0 spiro atoms. The maximum atomic E-state index is 12.0. The van der Waals surface area contributed by atoms with E-state index in [0.29, 0.717) is 6.54 Å². The van der Waals surface area contributed by atoms with E-state index in [9.17, 15) is 8.42 Å². The van der Waals surface area contributed by atoms with E-state index >= 15 is 0 Å². The molecule has 1 aromatic carbocycles. The zero-order valence-corrected chi connectivity index (χ0v) is 12.3. The Morgan fingerprint density at radius 1 is 1.47 bits per heavy atom. The van der Waals surface area contributed by atoms with Crippen LogP contribution in [0.3, 0.4) is 0 Å². The van der Waals surface area contributed by atoms with E-state index in [0.717, 1.165) is 10.0 Å². The Kier molecular flexibility index (Phi) is 3.61. The molecule has 0 saturated carbocycles. The standard InChI is InChI=1S/C12H16BrNO2S/c1-9-7-14(17(15,16)8-9)10(2)11-4-3-5-12(13)6-11/h3-6,9-10H,7-8H2,1-2H3. The average molecular weight is 318 g/mol. The van der Waals surface area contributed by atoms with Gasteiger partial charge in [0.25, 0.3) is 0 Å². The summed E-state index contributed by atoms with van der Waals surface area (Å²) >= 11 is 3.41. The van der Waals surface area contributed by atoms with Crippen molar-refractivity contribution in [1.82, 2.24) is 4.31 Å². The molecular weight excluding hydrogens is 302 g/mol. The molecule has 1 saturated heterocycles. The monoisotopic (exact) mass is 317 g/mol. The van der Waals surface area contributed by atoms with Crippen molar-refractivity contribution in [2.75, 3.05) is 12.3 Å². The second-order valence-corrected chi connectivity index (χ2v) is 7.57. The number of nitrogens with zero attached hydrogens (tertiary/aromatic N) is 1. The minimum atomic E-state index is -3.08. The van der Waals surface area contributed by atoms with Gasteiger partial charge in [-0.1, -0.05) is 35.0 Å². The van der Waals surface area contributed by atoms with Crippen LogP contribution in [-0.2, 0) is 10.0 Å². The molecule has 1 aromatic rings. The van der Waals surface area contributed by atoms with Gasteiger partial charge in [-0.2, -0.15) is 4.31 Å². The molecule has 0 aliphatic carbocycles. The molecule has 1 aliphatic rings. The summed E-state index contributed by atoms with van der Waals surface area (Å²) in [5, 5.41) is 0. The fraction of sp³-hybridized carbons (Fsp3) is 0.500. The largest absolute Gasteiger partial charge is 0.214 e. The topological polar surface area (TPSA) is 37.4 Å². The van der Waals surface area contributed by atoms with Gasteiger partial charge in [0.1, 0.15) is 0 Å². The van der Waals surface area contributed by atoms with Gasteiger partial charge < -0.3 is 0 Å². The lowest BCUT2D eigenvalue weighted by atomic mass is 10.1. The Morgan fingerprint density at radius 2 is 2.18 bits per heavy atom. The number of sulfonamides is 1. The van der Waals surface area contributed by atoms with Crippen molar-refractivity contribution in [2.24, 2.45) is 5.92 Å². The van der Waals surface area contributed by atoms with E-state index in [1.165, 1.54) is 0 Å². The van der Waals surface area contributed by atoms with Gasteiger partial charge in [0.2, 0.25) is 10.0 Å². The highest BCUT2D eigenvalue weighted by Gasteiger charge is 2.37. The summed E-state index contributed by atoms with van der Waals surface area (Å²) < 4.78 is 26.6. The fourth-order valence-corrected chi connectivity index (χ4v) is 4.78. The molecule has 94 valence electrons. The van der Waals surface area contributed by atoms with Crippen LogP contribution in [-0.4, -0.2) is 25.0 Å². The Bertz CT molecular complexity index is 515. The van der Waals surface area contributed by atoms with Crippen molar-refractivity contribution in [3.8, 4) is 0 Å². The van der Waals surface area contributed by atoms with Crippen molar-refractivity contribution in [2.45, 2.75) is 19.9 Å². The van der Waals surface area contributed by atoms with E-state index in [1.54, 1.807) is 4.31 Å². The molecule has 0 amide bonds. The molecule has 0 N–H and O–H groups in total. The molecule has 5 heteroatoms. The lowest BCUT2D eigenvalue weighted by Crippen LogP contribution is -2.29. The van der Waals surface area contributed by atoms with Gasteiger partial charge in [-0.25, -0.2) is 8.42 Å². The maximum Gasteiger partial charge on any atom is 0.214 e. The molecule has 0 radical (unpaired) electrons. The molecule has 1 fully saturated rings. The van der Waals surface area contributed by atoms with Gasteiger partial charge in [-0.15, -0.1) is 0 Å². The minimum Gasteiger partial charge on any atom is -0.212 e. The Hall–Kier alpha value is -0.390. The van der Waals surface area contributed by atoms with Crippen LogP contribution in [0.4, 0.5) is 0 Å². The highest BCUT2D eigenvalue weighted by Crippen LogP contribution is 2.31. The van der Waals surface area contributed by atoms with Crippen LogP contribution in [0.15, 0.2) is 28.7 Å². The Balaban J connectivity index is 2.29. The third kappa shape index (κ3) is 2.72. The number of rotatable bonds is 2. The summed E-state index contributed by atoms with van der Waals surface area (Å²) in [6, 6.07) is 7.72. The van der Waals surface area contributed by atoms with Crippen LogP contribution in [0.25, 0.3) is 0 Å². The SMILES string of the molecule is CC1CN(C(C)c2cccc(Br)c2)S(=O)(=O)C1. The quantitative estimate of drug-likeness (QED) is 0.841. The number of halogens is 1. The number of hydrogen-bond donors (Lipinski definition) is 0. The molecule has 1 heterocycles. The second kappa shape index (κ2) is 4.71. The van der Waals surface area contributed by atoms with Crippen molar-refractivity contribution in [3.63, 3.8) is 0 Å². The molecule has 1 aliphatic heterocycles. The minimum absolute atomic E-state index is 0.0950. The van der Waals surface area contributed by atoms with Crippen molar-refractivity contribution in [3.05, 3.63) is 34.3 Å². The zero-order chi connectivity index (χ0) is 12.6. The first-order valence-corrected chi connectivity index (χ1v) is 8.05. The molecular formula is C12H16BrNO2S. The molecule has 2 unspecified atom stereocenters. The van der Waals surface area contributed by atoms with Gasteiger partial charge >= 0.3 is 0 Å². The lowest BCUT2D eigenvalue weighted by Gasteiger charge is -2.23.